The van der Waals surface area contributed by atoms with E-state index >= 15 is 0 Å². The second-order valence-electron chi connectivity index (χ2n) is 7.63. The summed E-state index contributed by atoms with van der Waals surface area (Å²) in [6.45, 7) is 0.499. The van der Waals surface area contributed by atoms with Crippen LogP contribution in [-0.4, -0.2) is 31.8 Å². The van der Waals surface area contributed by atoms with Crippen molar-refractivity contribution in [2.45, 2.75) is 31.8 Å². The number of pyridine rings is 1. The van der Waals surface area contributed by atoms with Crippen molar-refractivity contribution in [3.05, 3.63) is 77.2 Å². The molecule has 0 spiro atoms. The van der Waals surface area contributed by atoms with Crippen molar-refractivity contribution in [2.24, 2.45) is 11.8 Å². The highest BCUT2D eigenvalue weighted by atomic mass is 32.2. The van der Waals surface area contributed by atoms with Crippen LogP contribution < -0.4 is 0 Å². The van der Waals surface area contributed by atoms with Crippen molar-refractivity contribution >= 4 is 16.7 Å². The predicted octanol–water partition coefficient (Wildman–Crippen LogP) is 3.46. The van der Waals surface area contributed by atoms with Gasteiger partial charge >= 0.3 is 0 Å². The number of carbonyl (C=O) groups excluding carboxylic acids is 1. The number of benzene rings is 1. The van der Waals surface area contributed by atoms with Gasteiger partial charge in [-0.05, 0) is 60.6 Å². The molecule has 1 amide bonds. The topological polar surface area (TPSA) is 50.3 Å². The molecule has 0 saturated heterocycles. The number of aromatic nitrogens is 1. The Labute approximate surface area is 166 Å². The molecular formula is C22H23FN2O2S. The van der Waals surface area contributed by atoms with Gasteiger partial charge in [-0.15, -0.1) is 0 Å². The lowest BCUT2D eigenvalue weighted by Crippen LogP contribution is -2.47. The van der Waals surface area contributed by atoms with Gasteiger partial charge in [-0.25, -0.2) is 4.39 Å². The summed E-state index contributed by atoms with van der Waals surface area (Å²) in [5.41, 5.74) is 2.00. The van der Waals surface area contributed by atoms with E-state index in [0.717, 1.165) is 30.4 Å². The van der Waals surface area contributed by atoms with Crippen molar-refractivity contribution in [1.82, 2.24) is 9.88 Å². The summed E-state index contributed by atoms with van der Waals surface area (Å²) < 4.78 is 25.2. The quantitative estimate of drug-likeness (QED) is 0.749. The second-order valence-corrected chi connectivity index (χ2v) is 9.00. The van der Waals surface area contributed by atoms with Crippen LogP contribution in [0.25, 0.3) is 0 Å². The first-order valence-corrected chi connectivity index (χ1v) is 11.0. The van der Waals surface area contributed by atoms with Gasteiger partial charge in [0.05, 0.1) is 11.8 Å². The molecule has 28 heavy (non-hydrogen) atoms. The van der Waals surface area contributed by atoms with E-state index in [0.29, 0.717) is 18.2 Å². The number of amides is 1. The van der Waals surface area contributed by atoms with Crippen LogP contribution in [0.5, 0.6) is 0 Å². The van der Waals surface area contributed by atoms with Crippen LogP contribution in [0.2, 0.25) is 0 Å². The maximum absolute atomic E-state index is 13.4. The molecule has 4 rings (SSSR count). The standard InChI is InChI=1S/C22H23FN2O2S/c23-20-3-1-2-17(13-20)10-18-11-19(12-18)22(26)25(21-6-9-28(27)15-21)14-16-4-7-24-8-5-16/h1-9,13,18-19,21H,10-12,14-15H2. The third-order valence-electron chi connectivity index (χ3n) is 5.57. The molecular weight excluding hydrogens is 375 g/mol. The summed E-state index contributed by atoms with van der Waals surface area (Å²) in [5, 5.41) is 1.69. The molecule has 146 valence electrons. The summed E-state index contributed by atoms with van der Waals surface area (Å²) >= 11 is 0. The molecule has 6 heteroatoms. The fourth-order valence-electron chi connectivity index (χ4n) is 4.03. The number of hydrogen-bond acceptors (Lipinski definition) is 3. The number of rotatable bonds is 6. The van der Waals surface area contributed by atoms with Gasteiger partial charge in [0, 0.05) is 41.1 Å². The SMILES string of the molecule is O=C(C1CC(Cc2cccc(F)c2)C1)N(Cc1ccncc1)C1C=CS(=O)C1. The van der Waals surface area contributed by atoms with Crippen LogP contribution in [0.1, 0.15) is 24.0 Å². The van der Waals surface area contributed by atoms with Gasteiger partial charge < -0.3 is 4.90 Å². The third kappa shape index (κ3) is 4.38. The van der Waals surface area contributed by atoms with Gasteiger partial charge in [-0.3, -0.25) is 14.0 Å². The Morgan fingerprint density at radius 1 is 1.18 bits per heavy atom. The Balaban J connectivity index is 1.40. The minimum atomic E-state index is -1.00. The van der Waals surface area contributed by atoms with Crippen molar-refractivity contribution < 1.29 is 13.4 Å². The lowest BCUT2D eigenvalue weighted by Gasteiger charge is -2.39. The van der Waals surface area contributed by atoms with Crippen molar-refractivity contribution in [3.63, 3.8) is 0 Å². The van der Waals surface area contributed by atoms with Crippen molar-refractivity contribution in [2.75, 3.05) is 5.75 Å². The highest BCUT2D eigenvalue weighted by molar-refractivity contribution is 7.88. The predicted molar refractivity (Wildman–Crippen MR) is 107 cm³/mol. The summed E-state index contributed by atoms with van der Waals surface area (Å²) in [6, 6.07) is 10.4. The van der Waals surface area contributed by atoms with Gasteiger partial charge in [-0.1, -0.05) is 18.2 Å². The zero-order chi connectivity index (χ0) is 19.5. The van der Waals surface area contributed by atoms with E-state index < -0.39 is 10.8 Å². The normalized spacial score (nSPS) is 26.0. The minimum Gasteiger partial charge on any atom is -0.331 e. The van der Waals surface area contributed by atoms with E-state index in [2.05, 4.69) is 4.98 Å². The molecule has 2 aliphatic rings. The van der Waals surface area contributed by atoms with Crippen LogP contribution in [-0.2, 0) is 28.6 Å². The van der Waals surface area contributed by atoms with Gasteiger partial charge in [-0.2, -0.15) is 0 Å². The van der Waals surface area contributed by atoms with Crippen molar-refractivity contribution in [3.8, 4) is 0 Å². The monoisotopic (exact) mass is 398 g/mol. The van der Waals surface area contributed by atoms with Gasteiger partial charge in [0.25, 0.3) is 0 Å². The first kappa shape index (κ1) is 19.0. The van der Waals surface area contributed by atoms with Crippen LogP contribution in [0, 0.1) is 17.7 Å². The highest BCUT2D eigenvalue weighted by Gasteiger charge is 2.39. The molecule has 2 unspecified atom stereocenters. The van der Waals surface area contributed by atoms with E-state index in [1.165, 1.54) is 6.07 Å². The van der Waals surface area contributed by atoms with Crippen LogP contribution in [0.4, 0.5) is 4.39 Å². The summed E-state index contributed by atoms with van der Waals surface area (Å²) in [6.07, 6.45) is 7.78. The zero-order valence-corrected chi connectivity index (χ0v) is 16.4. The number of hydrogen-bond donors (Lipinski definition) is 0. The maximum atomic E-state index is 13.4. The van der Waals surface area contributed by atoms with Crippen molar-refractivity contribution in [1.29, 1.82) is 0 Å². The molecule has 0 bridgehead atoms. The first-order chi connectivity index (χ1) is 13.6. The van der Waals surface area contributed by atoms with Crippen LogP contribution >= 0.6 is 0 Å². The molecule has 1 aromatic heterocycles. The van der Waals surface area contributed by atoms with Gasteiger partial charge in [0.15, 0.2) is 0 Å². The Morgan fingerprint density at radius 2 is 1.96 bits per heavy atom. The largest absolute Gasteiger partial charge is 0.331 e. The molecule has 0 N–H and O–H groups in total. The number of halogens is 1. The molecule has 1 aliphatic carbocycles. The van der Waals surface area contributed by atoms with E-state index in [9.17, 15) is 13.4 Å². The van der Waals surface area contributed by atoms with Gasteiger partial charge in [0.1, 0.15) is 5.82 Å². The minimum absolute atomic E-state index is 0.0113. The molecule has 4 nitrogen and oxygen atoms in total. The average molecular weight is 399 g/mol. The Kier molecular flexibility index (Phi) is 5.67. The Hall–Kier alpha value is -2.34. The molecule has 0 radical (unpaired) electrons. The summed E-state index contributed by atoms with van der Waals surface area (Å²) in [4.78, 5) is 19.1. The van der Waals surface area contributed by atoms with Crippen LogP contribution in [0.3, 0.4) is 0 Å². The molecule has 2 heterocycles. The van der Waals surface area contributed by atoms with E-state index in [1.807, 2.05) is 29.2 Å². The Bertz CT molecular complexity index is 896. The lowest BCUT2D eigenvalue weighted by molar-refractivity contribution is -0.141. The first-order valence-electron chi connectivity index (χ1n) is 9.58. The molecule has 1 fully saturated rings. The second kappa shape index (κ2) is 8.35. The number of nitrogens with zero attached hydrogens (tertiary/aromatic N) is 2. The molecule has 1 saturated carbocycles. The number of carbonyl (C=O) groups is 1. The lowest BCUT2D eigenvalue weighted by atomic mass is 9.71. The molecule has 1 aliphatic heterocycles. The Morgan fingerprint density at radius 3 is 2.64 bits per heavy atom. The fourth-order valence-corrected chi connectivity index (χ4v) is 5.13. The average Bonchev–Trinajstić information content (AvgIpc) is 3.09. The third-order valence-corrected chi connectivity index (χ3v) is 6.70. The molecule has 1 aromatic carbocycles. The maximum Gasteiger partial charge on any atom is 0.226 e. The van der Waals surface area contributed by atoms with E-state index in [4.69, 9.17) is 0 Å². The molecule has 2 aromatic rings. The highest BCUT2D eigenvalue weighted by Crippen LogP contribution is 2.38. The van der Waals surface area contributed by atoms with E-state index in [-0.39, 0.29) is 23.7 Å². The zero-order valence-electron chi connectivity index (χ0n) is 15.5. The van der Waals surface area contributed by atoms with E-state index in [1.54, 1.807) is 29.9 Å². The fraction of sp³-hybridized carbons (Fsp3) is 0.364. The summed E-state index contributed by atoms with van der Waals surface area (Å²) in [7, 11) is -1.00. The summed E-state index contributed by atoms with van der Waals surface area (Å²) in [5.74, 6) is 0.778. The smallest absolute Gasteiger partial charge is 0.226 e. The van der Waals surface area contributed by atoms with Gasteiger partial charge in [0.2, 0.25) is 5.91 Å². The van der Waals surface area contributed by atoms with Crippen LogP contribution in [0.15, 0.2) is 60.3 Å². The molecule has 2 atom stereocenters.